The minimum Gasteiger partial charge on any atom is -0.399 e. The summed E-state index contributed by atoms with van der Waals surface area (Å²) in [4.78, 5) is 11.7. The van der Waals surface area contributed by atoms with Crippen LogP contribution in [0.2, 0.25) is 0 Å². The topological polar surface area (TPSA) is 55.1 Å². The molecule has 0 unspecified atom stereocenters. The van der Waals surface area contributed by atoms with Crippen LogP contribution in [0.5, 0.6) is 0 Å². The first-order valence-corrected chi connectivity index (χ1v) is 6.26. The molecule has 0 aliphatic heterocycles. The Bertz CT molecular complexity index is 694. The van der Waals surface area contributed by atoms with Gasteiger partial charge in [-0.15, -0.1) is 0 Å². The number of anilines is 2. The molecule has 0 radical (unpaired) electrons. The molecule has 5 heteroatoms. The van der Waals surface area contributed by atoms with E-state index in [9.17, 15) is 13.6 Å². The molecule has 0 heterocycles. The van der Waals surface area contributed by atoms with Crippen molar-refractivity contribution in [3.05, 3.63) is 65.2 Å². The van der Waals surface area contributed by atoms with Crippen molar-refractivity contribution in [3.8, 4) is 0 Å². The van der Waals surface area contributed by atoms with Gasteiger partial charge in [-0.25, -0.2) is 8.78 Å². The molecule has 2 rings (SSSR count). The van der Waals surface area contributed by atoms with Gasteiger partial charge < -0.3 is 11.1 Å². The van der Waals surface area contributed by atoms with Crippen molar-refractivity contribution < 1.29 is 13.6 Å². The number of hydrogen-bond acceptors (Lipinski definition) is 2. The zero-order valence-electron chi connectivity index (χ0n) is 11.4. The normalized spacial score (nSPS) is 10.8. The van der Waals surface area contributed by atoms with Gasteiger partial charge in [0, 0.05) is 17.8 Å². The lowest BCUT2D eigenvalue weighted by Crippen LogP contribution is -2.10. The number of nitrogens with one attached hydrogen (secondary N) is 1. The first-order chi connectivity index (χ1) is 9.95. The molecule has 0 fully saturated rings. The molecule has 0 bridgehead atoms. The number of nitrogens with two attached hydrogens (primary N) is 1. The molecule has 3 N–H and O–H groups in total. The average Bonchev–Trinajstić information content (AvgIpc) is 2.44. The Morgan fingerprint density at radius 3 is 2.48 bits per heavy atom. The van der Waals surface area contributed by atoms with Crippen molar-refractivity contribution in [1.29, 1.82) is 0 Å². The number of aryl methyl sites for hydroxylation is 1. The fourth-order valence-electron chi connectivity index (χ4n) is 1.70. The summed E-state index contributed by atoms with van der Waals surface area (Å²) in [7, 11) is 0. The van der Waals surface area contributed by atoms with Gasteiger partial charge in [-0.1, -0.05) is 12.1 Å². The number of halogens is 2. The van der Waals surface area contributed by atoms with E-state index in [1.165, 1.54) is 13.0 Å². The summed E-state index contributed by atoms with van der Waals surface area (Å²) >= 11 is 0. The van der Waals surface area contributed by atoms with E-state index in [0.717, 1.165) is 17.7 Å². The fraction of sp³-hybridized carbons (Fsp3) is 0.0625. The number of carbonyl (C=O) groups is 1. The zero-order valence-corrected chi connectivity index (χ0v) is 11.4. The molecule has 0 aliphatic carbocycles. The van der Waals surface area contributed by atoms with Crippen LogP contribution in [-0.4, -0.2) is 5.91 Å². The second kappa shape index (κ2) is 6.17. The molecule has 2 aromatic carbocycles. The third-order valence-corrected chi connectivity index (χ3v) is 2.87. The Morgan fingerprint density at radius 2 is 1.81 bits per heavy atom. The van der Waals surface area contributed by atoms with E-state index in [1.54, 1.807) is 30.3 Å². The molecule has 0 spiro atoms. The predicted molar refractivity (Wildman–Crippen MR) is 79.6 cm³/mol. The van der Waals surface area contributed by atoms with Crippen LogP contribution in [0.4, 0.5) is 20.2 Å². The van der Waals surface area contributed by atoms with E-state index in [0.29, 0.717) is 5.69 Å². The van der Waals surface area contributed by atoms with Crippen LogP contribution >= 0.6 is 0 Å². The van der Waals surface area contributed by atoms with Crippen molar-refractivity contribution >= 4 is 23.4 Å². The van der Waals surface area contributed by atoms with E-state index in [1.807, 2.05) is 0 Å². The highest BCUT2D eigenvalue weighted by atomic mass is 19.1. The second-order valence-corrected chi connectivity index (χ2v) is 4.57. The van der Waals surface area contributed by atoms with E-state index < -0.39 is 17.5 Å². The van der Waals surface area contributed by atoms with Crippen LogP contribution in [0.3, 0.4) is 0 Å². The number of nitrogen functional groups attached to an aromatic ring is 1. The maximum absolute atomic E-state index is 13.6. The quantitative estimate of drug-likeness (QED) is 0.671. The SMILES string of the molecule is Cc1cc(F)c(NC(=O)/C=C/c2ccc(N)cc2)cc1F. The van der Waals surface area contributed by atoms with Gasteiger partial charge in [0.2, 0.25) is 5.91 Å². The Balaban J connectivity index is 2.08. The van der Waals surface area contributed by atoms with Gasteiger partial charge in [0.05, 0.1) is 5.69 Å². The number of benzene rings is 2. The lowest BCUT2D eigenvalue weighted by molar-refractivity contribution is -0.111. The van der Waals surface area contributed by atoms with Crippen molar-refractivity contribution in [2.45, 2.75) is 6.92 Å². The molecule has 0 aromatic heterocycles. The third kappa shape index (κ3) is 3.89. The lowest BCUT2D eigenvalue weighted by atomic mass is 10.2. The maximum Gasteiger partial charge on any atom is 0.248 e. The smallest absolute Gasteiger partial charge is 0.248 e. The van der Waals surface area contributed by atoms with Gasteiger partial charge in [0.15, 0.2) is 0 Å². The van der Waals surface area contributed by atoms with Crippen molar-refractivity contribution in [2.24, 2.45) is 0 Å². The molecule has 2 aromatic rings. The Morgan fingerprint density at radius 1 is 1.14 bits per heavy atom. The van der Waals surface area contributed by atoms with Crippen LogP contribution in [0.15, 0.2) is 42.5 Å². The summed E-state index contributed by atoms with van der Waals surface area (Å²) < 4.78 is 26.9. The summed E-state index contributed by atoms with van der Waals surface area (Å²) in [5, 5.41) is 2.29. The van der Waals surface area contributed by atoms with Gasteiger partial charge in [0.25, 0.3) is 0 Å². The molecular weight excluding hydrogens is 274 g/mol. The fourth-order valence-corrected chi connectivity index (χ4v) is 1.70. The van der Waals surface area contributed by atoms with Crippen LogP contribution in [0, 0.1) is 18.6 Å². The zero-order chi connectivity index (χ0) is 15.4. The highest BCUT2D eigenvalue weighted by Crippen LogP contribution is 2.18. The molecular formula is C16H14F2N2O. The number of amides is 1. The van der Waals surface area contributed by atoms with Crippen molar-refractivity contribution in [2.75, 3.05) is 11.1 Å². The predicted octanol–water partition coefficient (Wildman–Crippen LogP) is 3.51. The number of rotatable bonds is 3. The highest BCUT2D eigenvalue weighted by Gasteiger charge is 2.08. The van der Waals surface area contributed by atoms with Crippen LogP contribution < -0.4 is 11.1 Å². The molecule has 0 aliphatic rings. The third-order valence-electron chi connectivity index (χ3n) is 2.87. The molecule has 0 saturated carbocycles. The molecule has 1 amide bonds. The van der Waals surface area contributed by atoms with E-state index >= 15 is 0 Å². The number of hydrogen-bond donors (Lipinski definition) is 2. The summed E-state index contributed by atoms with van der Waals surface area (Å²) in [5.74, 6) is -1.80. The van der Waals surface area contributed by atoms with Crippen LogP contribution in [0.25, 0.3) is 6.08 Å². The minimum atomic E-state index is -0.678. The maximum atomic E-state index is 13.6. The number of carbonyl (C=O) groups excluding carboxylic acids is 1. The largest absolute Gasteiger partial charge is 0.399 e. The minimum absolute atomic E-state index is 0.183. The van der Waals surface area contributed by atoms with Crippen molar-refractivity contribution in [1.82, 2.24) is 0 Å². The first kappa shape index (κ1) is 14.7. The van der Waals surface area contributed by atoms with Crippen LogP contribution in [0.1, 0.15) is 11.1 Å². The van der Waals surface area contributed by atoms with E-state index in [4.69, 9.17) is 5.73 Å². The van der Waals surface area contributed by atoms with Gasteiger partial charge in [0.1, 0.15) is 11.6 Å². The van der Waals surface area contributed by atoms with Crippen LogP contribution in [-0.2, 0) is 4.79 Å². The Labute approximate surface area is 121 Å². The standard InChI is InChI=1S/C16H14F2N2O/c1-10-8-14(18)15(9-13(10)17)20-16(21)7-4-11-2-5-12(19)6-3-11/h2-9H,19H2,1H3,(H,20,21)/b7-4+. The average molecular weight is 288 g/mol. The van der Waals surface area contributed by atoms with Gasteiger partial charge in [-0.2, -0.15) is 0 Å². The molecule has 0 saturated heterocycles. The van der Waals surface area contributed by atoms with E-state index in [-0.39, 0.29) is 11.3 Å². The summed E-state index contributed by atoms with van der Waals surface area (Å²) in [5.41, 5.74) is 6.93. The Kier molecular flexibility index (Phi) is 4.33. The van der Waals surface area contributed by atoms with Gasteiger partial charge in [-0.05, 0) is 42.3 Å². The summed E-state index contributed by atoms with van der Waals surface area (Å²) in [6, 6.07) is 8.88. The Hall–Kier alpha value is -2.69. The summed E-state index contributed by atoms with van der Waals surface area (Å²) in [6.45, 7) is 1.45. The van der Waals surface area contributed by atoms with Gasteiger partial charge in [-0.3, -0.25) is 4.79 Å². The van der Waals surface area contributed by atoms with Gasteiger partial charge >= 0.3 is 0 Å². The first-order valence-electron chi connectivity index (χ1n) is 6.26. The molecule has 0 atom stereocenters. The molecule has 3 nitrogen and oxygen atoms in total. The molecule has 21 heavy (non-hydrogen) atoms. The lowest BCUT2D eigenvalue weighted by Gasteiger charge is -2.05. The second-order valence-electron chi connectivity index (χ2n) is 4.57. The highest BCUT2D eigenvalue weighted by molar-refractivity contribution is 6.02. The monoisotopic (exact) mass is 288 g/mol. The summed E-state index contributed by atoms with van der Waals surface area (Å²) in [6.07, 6.45) is 2.79. The van der Waals surface area contributed by atoms with E-state index in [2.05, 4.69) is 5.32 Å². The molecule has 108 valence electrons. The van der Waals surface area contributed by atoms with Crippen molar-refractivity contribution in [3.63, 3.8) is 0 Å².